The van der Waals surface area contributed by atoms with Gasteiger partial charge in [-0.15, -0.1) is 0 Å². The Morgan fingerprint density at radius 1 is 1.43 bits per heavy atom. The molecule has 7 heavy (non-hydrogen) atoms. The van der Waals surface area contributed by atoms with Gasteiger partial charge in [-0.1, -0.05) is 13.8 Å². The molecule has 0 heterocycles. The molecule has 0 unspecified atom stereocenters. The third-order valence-electron chi connectivity index (χ3n) is 1.32. The molecule has 0 aliphatic rings. The smallest absolute Gasteiger partial charge is 0.0643 e. The second kappa shape index (κ2) is 2.31. The van der Waals surface area contributed by atoms with Crippen LogP contribution in [0, 0.1) is 6.92 Å². The van der Waals surface area contributed by atoms with E-state index in [1.54, 1.807) is 0 Å². The van der Waals surface area contributed by atoms with Crippen molar-refractivity contribution in [2.45, 2.75) is 32.3 Å². The molecule has 43 valence electrons. The van der Waals surface area contributed by atoms with Gasteiger partial charge >= 0.3 is 0 Å². The lowest BCUT2D eigenvalue weighted by Crippen LogP contribution is -2.20. The van der Waals surface area contributed by atoms with Gasteiger partial charge in [0, 0.05) is 0 Å². The molecule has 0 atom stereocenters. The monoisotopic (exact) mass is 101 g/mol. The summed E-state index contributed by atoms with van der Waals surface area (Å²) in [5.41, 5.74) is -0.667. The Bertz CT molecular complexity index is 42.1. The van der Waals surface area contributed by atoms with Crippen molar-refractivity contribution in [1.29, 1.82) is 0 Å². The lowest BCUT2D eigenvalue weighted by molar-refractivity contribution is 0.0798. The zero-order valence-electron chi connectivity index (χ0n) is 5.07. The van der Waals surface area contributed by atoms with Gasteiger partial charge in [-0.05, 0) is 19.8 Å². The zero-order valence-corrected chi connectivity index (χ0v) is 5.07. The van der Waals surface area contributed by atoms with Crippen LogP contribution in [0.3, 0.4) is 0 Å². The van der Waals surface area contributed by atoms with Gasteiger partial charge < -0.3 is 5.11 Å². The molecule has 1 heteroatoms. The average Bonchev–Trinajstić information content (AvgIpc) is 1.68. The van der Waals surface area contributed by atoms with Gasteiger partial charge in [-0.25, -0.2) is 0 Å². The normalized spacial score (nSPS) is 12.0. The molecular weight excluding hydrogens is 88.1 g/mol. The van der Waals surface area contributed by atoms with Crippen molar-refractivity contribution in [1.82, 2.24) is 0 Å². The standard InChI is InChI=1S/C6H13O/c1-4-6(3,7)5-2/h7H,3-5H2,1-2H3. The molecule has 0 fully saturated rings. The largest absolute Gasteiger partial charge is 0.390 e. The van der Waals surface area contributed by atoms with Crippen molar-refractivity contribution < 1.29 is 5.11 Å². The van der Waals surface area contributed by atoms with E-state index in [1.165, 1.54) is 0 Å². The summed E-state index contributed by atoms with van der Waals surface area (Å²) in [4.78, 5) is 0. The van der Waals surface area contributed by atoms with Crippen molar-refractivity contribution >= 4 is 0 Å². The van der Waals surface area contributed by atoms with E-state index in [-0.39, 0.29) is 0 Å². The predicted molar refractivity (Wildman–Crippen MR) is 30.9 cm³/mol. The van der Waals surface area contributed by atoms with Crippen molar-refractivity contribution in [3.63, 3.8) is 0 Å². The minimum atomic E-state index is -0.667. The lowest BCUT2D eigenvalue weighted by Gasteiger charge is -2.17. The molecule has 0 aliphatic heterocycles. The van der Waals surface area contributed by atoms with Crippen molar-refractivity contribution in [3.05, 3.63) is 6.92 Å². The van der Waals surface area contributed by atoms with Gasteiger partial charge in [-0.3, -0.25) is 0 Å². The predicted octanol–water partition coefficient (Wildman–Crippen LogP) is 1.37. The topological polar surface area (TPSA) is 20.2 Å². The minimum Gasteiger partial charge on any atom is -0.390 e. The summed E-state index contributed by atoms with van der Waals surface area (Å²) in [6.45, 7) is 7.42. The molecule has 0 saturated heterocycles. The first-order valence-electron chi connectivity index (χ1n) is 2.70. The molecule has 0 rings (SSSR count). The van der Waals surface area contributed by atoms with Gasteiger partial charge in [0.05, 0.1) is 5.60 Å². The average molecular weight is 101 g/mol. The quantitative estimate of drug-likeness (QED) is 0.557. The van der Waals surface area contributed by atoms with Crippen LogP contribution in [-0.4, -0.2) is 10.7 Å². The molecule has 0 spiro atoms. The zero-order chi connectivity index (χ0) is 5.91. The fourth-order valence-electron chi connectivity index (χ4n) is 0.250. The summed E-state index contributed by atoms with van der Waals surface area (Å²) in [6.07, 6.45) is 1.48. The Kier molecular flexibility index (Phi) is 2.30. The van der Waals surface area contributed by atoms with Gasteiger partial charge in [-0.2, -0.15) is 0 Å². The molecule has 1 N–H and O–H groups in total. The van der Waals surface area contributed by atoms with E-state index >= 15 is 0 Å². The molecule has 1 radical (unpaired) electrons. The maximum Gasteiger partial charge on any atom is 0.0643 e. The highest BCUT2D eigenvalue weighted by Crippen LogP contribution is 2.10. The van der Waals surface area contributed by atoms with Crippen molar-refractivity contribution in [2.75, 3.05) is 0 Å². The van der Waals surface area contributed by atoms with Crippen LogP contribution < -0.4 is 0 Å². The van der Waals surface area contributed by atoms with E-state index in [2.05, 4.69) is 6.92 Å². The van der Waals surface area contributed by atoms with Crippen molar-refractivity contribution in [3.8, 4) is 0 Å². The van der Waals surface area contributed by atoms with Crippen LogP contribution >= 0.6 is 0 Å². The molecule has 0 aromatic carbocycles. The molecule has 0 aromatic rings. The first kappa shape index (κ1) is 6.96. The molecular formula is C6H13O. The highest BCUT2D eigenvalue weighted by Gasteiger charge is 2.12. The van der Waals surface area contributed by atoms with Crippen LogP contribution in [0.5, 0.6) is 0 Å². The van der Waals surface area contributed by atoms with Crippen molar-refractivity contribution in [2.24, 2.45) is 0 Å². The van der Waals surface area contributed by atoms with E-state index in [0.717, 1.165) is 12.8 Å². The highest BCUT2D eigenvalue weighted by atomic mass is 16.3. The SMILES string of the molecule is [CH2]C(O)(CC)CC. The molecule has 0 aromatic heterocycles. The van der Waals surface area contributed by atoms with E-state index in [9.17, 15) is 0 Å². The number of rotatable bonds is 2. The Balaban J connectivity index is 3.36. The summed E-state index contributed by atoms with van der Waals surface area (Å²) in [6, 6.07) is 0. The maximum absolute atomic E-state index is 9.02. The van der Waals surface area contributed by atoms with Crippen LogP contribution in [0.25, 0.3) is 0 Å². The summed E-state index contributed by atoms with van der Waals surface area (Å²) < 4.78 is 0. The maximum atomic E-state index is 9.02. The third kappa shape index (κ3) is 2.63. The first-order chi connectivity index (χ1) is 3.12. The number of hydrogen-bond acceptors (Lipinski definition) is 1. The Labute approximate surface area is 45.4 Å². The van der Waals surface area contributed by atoms with Crippen LogP contribution in [0.2, 0.25) is 0 Å². The second-order valence-electron chi connectivity index (χ2n) is 1.93. The van der Waals surface area contributed by atoms with Crippen LogP contribution in [-0.2, 0) is 0 Å². The summed E-state index contributed by atoms with van der Waals surface area (Å²) in [5.74, 6) is 0. The summed E-state index contributed by atoms with van der Waals surface area (Å²) in [7, 11) is 0. The first-order valence-corrected chi connectivity index (χ1v) is 2.70. The summed E-state index contributed by atoms with van der Waals surface area (Å²) in [5, 5.41) is 9.02. The molecule has 0 bridgehead atoms. The molecule has 1 nitrogen and oxygen atoms in total. The van der Waals surface area contributed by atoms with Gasteiger partial charge in [0.25, 0.3) is 0 Å². The van der Waals surface area contributed by atoms with Crippen LogP contribution in [0.15, 0.2) is 0 Å². The summed E-state index contributed by atoms with van der Waals surface area (Å²) >= 11 is 0. The van der Waals surface area contributed by atoms with E-state index < -0.39 is 5.60 Å². The van der Waals surface area contributed by atoms with Crippen LogP contribution in [0.4, 0.5) is 0 Å². The molecule has 0 saturated carbocycles. The fraction of sp³-hybridized carbons (Fsp3) is 0.833. The number of aliphatic hydroxyl groups is 1. The van der Waals surface area contributed by atoms with E-state index in [0.29, 0.717) is 0 Å². The molecule has 0 amide bonds. The van der Waals surface area contributed by atoms with Crippen LogP contribution in [0.1, 0.15) is 26.7 Å². The van der Waals surface area contributed by atoms with E-state index in [1.807, 2.05) is 13.8 Å². The second-order valence-corrected chi connectivity index (χ2v) is 1.93. The van der Waals surface area contributed by atoms with Gasteiger partial charge in [0.15, 0.2) is 0 Å². The Hall–Kier alpha value is -0.0400. The Morgan fingerprint density at radius 3 is 1.71 bits per heavy atom. The number of hydrogen-bond donors (Lipinski definition) is 1. The van der Waals surface area contributed by atoms with E-state index in [4.69, 9.17) is 5.11 Å². The fourth-order valence-corrected chi connectivity index (χ4v) is 0.250. The van der Waals surface area contributed by atoms with Gasteiger partial charge in [0.2, 0.25) is 0 Å². The minimum absolute atomic E-state index is 0.667. The van der Waals surface area contributed by atoms with Gasteiger partial charge in [0.1, 0.15) is 0 Å². The lowest BCUT2D eigenvalue weighted by atomic mass is 10.0. The third-order valence-corrected chi connectivity index (χ3v) is 1.32. The molecule has 0 aliphatic carbocycles. The highest BCUT2D eigenvalue weighted by molar-refractivity contribution is 4.76. The Morgan fingerprint density at radius 2 is 1.71 bits per heavy atom.